The van der Waals surface area contributed by atoms with Crippen molar-refractivity contribution >= 4 is 15.5 Å². The van der Waals surface area contributed by atoms with Gasteiger partial charge in [-0.15, -0.1) is 0 Å². The number of hydrogen-bond donors (Lipinski definition) is 3. The summed E-state index contributed by atoms with van der Waals surface area (Å²) in [5, 5.41) is 14.4. The highest BCUT2D eigenvalue weighted by molar-refractivity contribution is 7.91. The minimum atomic E-state index is -3.38. The van der Waals surface area contributed by atoms with Crippen LogP contribution in [0.25, 0.3) is 0 Å². The van der Waals surface area contributed by atoms with Crippen molar-refractivity contribution in [2.45, 2.75) is 76.7 Å². The van der Waals surface area contributed by atoms with E-state index >= 15 is 0 Å². The van der Waals surface area contributed by atoms with E-state index in [-0.39, 0.29) is 35.1 Å². The number of nitrogens with two attached hydrogens (primary N) is 1. The highest BCUT2D eigenvalue weighted by Crippen LogP contribution is 2.33. The molecule has 2 fully saturated rings. The number of aliphatic hydroxyl groups is 1. The third-order valence-corrected chi connectivity index (χ3v) is 8.96. The molecule has 2 aromatic rings. The molecule has 0 amide bonds. The van der Waals surface area contributed by atoms with Crippen molar-refractivity contribution in [3.63, 3.8) is 0 Å². The van der Waals surface area contributed by atoms with Gasteiger partial charge in [0.1, 0.15) is 17.3 Å². The highest BCUT2D eigenvalue weighted by atomic mass is 32.2. The Balaban J connectivity index is 1.47. The number of nitrogen functional groups attached to an aromatic ring is 1. The molecular weight excluding hydrogens is 467 g/mol. The van der Waals surface area contributed by atoms with Gasteiger partial charge < -0.3 is 20.9 Å². The Morgan fingerprint density at radius 1 is 1.14 bits per heavy atom. The smallest absolute Gasteiger partial charge is 0.152 e. The fraction of sp³-hybridized carbons (Fsp3) is 0.556. The Labute approximate surface area is 208 Å². The van der Waals surface area contributed by atoms with Crippen molar-refractivity contribution in [3.05, 3.63) is 58.9 Å². The van der Waals surface area contributed by atoms with Gasteiger partial charge in [-0.1, -0.05) is 45.0 Å². The molecule has 0 bridgehead atoms. The topological polar surface area (TPSA) is 102 Å². The highest BCUT2D eigenvalue weighted by Gasteiger charge is 2.39. The van der Waals surface area contributed by atoms with Crippen molar-refractivity contribution in [3.8, 4) is 5.75 Å². The average Bonchev–Trinajstić information content (AvgIpc) is 2.74. The Bertz CT molecular complexity index is 1160. The molecule has 6 nitrogen and oxygen atoms in total. The first-order valence-electron chi connectivity index (χ1n) is 12.4. The first-order valence-corrected chi connectivity index (χ1v) is 14.2. The molecule has 0 spiro atoms. The van der Waals surface area contributed by atoms with Gasteiger partial charge in [0.05, 0.1) is 23.7 Å². The number of benzene rings is 2. The van der Waals surface area contributed by atoms with Gasteiger partial charge in [0.15, 0.2) is 9.84 Å². The van der Waals surface area contributed by atoms with E-state index in [2.05, 4.69) is 38.2 Å². The van der Waals surface area contributed by atoms with Gasteiger partial charge in [-0.25, -0.2) is 12.8 Å². The number of anilines is 1. The zero-order chi connectivity index (χ0) is 25.4. The van der Waals surface area contributed by atoms with Crippen molar-refractivity contribution < 1.29 is 22.7 Å². The minimum Gasteiger partial charge on any atom is -0.488 e. The van der Waals surface area contributed by atoms with Gasteiger partial charge in [-0.2, -0.15) is 0 Å². The zero-order valence-corrected chi connectivity index (χ0v) is 21.6. The van der Waals surface area contributed by atoms with E-state index < -0.39 is 33.7 Å². The van der Waals surface area contributed by atoms with E-state index in [4.69, 9.17) is 10.5 Å². The van der Waals surface area contributed by atoms with Crippen molar-refractivity contribution in [2.75, 3.05) is 17.2 Å². The minimum absolute atomic E-state index is 0.00432. The standard InChI is InChI=1S/C27H37FN2O4S/c1-27(2,3)20-7-4-6-17(11-20)14-30-23-16-35(32,33)15-19(26(23)31)10-18-12-22(28)25(29)24(13-18)34-21-8-5-9-21/h4,6-7,11-13,19,21,23,26,30-31H,5,8-10,14-16,29H2,1-3H3/t19-,23+,26+/m1/s1. The van der Waals surface area contributed by atoms with E-state index in [1.807, 2.05) is 12.1 Å². The number of sulfone groups is 1. The third-order valence-electron chi connectivity index (χ3n) is 7.15. The largest absolute Gasteiger partial charge is 0.488 e. The van der Waals surface area contributed by atoms with Crippen LogP contribution in [0.2, 0.25) is 0 Å². The first kappa shape index (κ1) is 25.9. The molecule has 4 rings (SSSR count). The zero-order valence-electron chi connectivity index (χ0n) is 20.8. The summed E-state index contributed by atoms with van der Waals surface area (Å²) < 4.78 is 45.8. The molecule has 2 aliphatic rings. The van der Waals surface area contributed by atoms with Crippen molar-refractivity contribution in [1.29, 1.82) is 0 Å². The summed E-state index contributed by atoms with van der Waals surface area (Å²) in [6, 6.07) is 10.6. The second-order valence-electron chi connectivity index (χ2n) is 11.1. The number of halogens is 1. The number of rotatable bonds is 7. The van der Waals surface area contributed by atoms with Crippen LogP contribution >= 0.6 is 0 Å². The maximum atomic E-state index is 14.5. The second-order valence-corrected chi connectivity index (χ2v) is 13.3. The first-order chi connectivity index (χ1) is 16.4. The number of aliphatic hydroxyl groups excluding tert-OH is 1. The van der Waals surface area contributed by atoms with Crippen LogP contribution in [-0.4, -0.2) is 43.3 Å². The summed E-state index contributed by atoms with van der Waals surface area (Å²) in [4.78, 5) is 0. The Hall–Kier alpha value is -2.16. The molecule has 4 N–H and O–H groups in total. The summed E-state index contributed by atoms with van der Waals surface area (Å²) >= 11 is 0. The predicted molar refractivity (Wildman–Crippen MR) is 137 cm³/mol. The van der Waals surface area contributed by atoms with Crippen molar-refractivity contribution in [2.24, 2.45) is 5.92 Å². The molecule has 2 aromatic carbocycles. The predicted octanol–water partition coefficient (Wildman–Crippen LogP) is 3.74. The molecule has 0 aromatic heterocycles. The van der Waals surface area contributed by atoms with Crippen LogP contribution < -0.4 is 15.8 Å². The third kappa shape index (κ3) is 6.35. The summed E-state index contributed by atoms with van der Waals surface area (Å²) in [6.07, 6.45) is 2.27. The molecule has 1 aliphatic carbocycles. The van der Waals surface area contributed by atoms with Crippen LogP contribution in [0, 0.1) is 11.7 Å². The van der Waals surface area contributed by atoms with Crippen molar-refractivity contribution in [1.82, 2.24) is 5.32 Å². The van der Waals surface area contributed by atoms with Crippen LogP contribution in [0.3, 0.4) is 0 Å². The van der Waals surface area contributed by atoms with Gasteiger partial charge in [-0.3, -0.25) is 0 Å². The van der Waals surface area contributed by atoms with E-state index in [0.29, 0.717) is 17.9 Å². The quantitative estimate of drug-likeness (QED) is 0.497. The summed E-state index contributed by atoms with van der Waals surface area (Å²) in [5.41, 5.74) is 8.65. The molecule has 8 heteroatoms. The van der Waals surface area contributed by atoms with E-state index in [1.165, 1.54) is 11.6 Å². The molecule has 0 unspecified atom stereocenters. The molecule has 1 saturated carbocycles. The van der Waals surface area contributed by atoms with Crippen LogP contribution in [0.15, 0.2) is 36.4 Å². The molecule has 192 valence electrons. The molecular formula is C27H37FN2O4S. The second kappa shape index (κ2) is 10.1. The van der Waals surface area contributed by atoms with Crippen LogP contribution in [0.1, 0.15) is 56.7 Å². The summed E-state index contributed by atoms with van der Waals surface area (Å²) in [6.45, 7) is 6.88. The normalized spacial score (nSPS) is 24.7. The molecule has 35 heavy (non-hydrogen) atoms. The van der Waals surface area contributed by atoms with Crippen LogP contribution in [0.5, 0.6) is 5.75 Å². The lowest BCUT2D eigenvalue weighted by molar-refractivity contribution is 0.0779. The number of nitrogens with one attached hydrogen (secondary N) is 1. The van der Waals surface area contributed by atoms with E-state index in [0.717, 1.165) is 24.8 Å². The lowest BCUT2D eigenvalue weighted by Crippen LogP contribution is -2.54. The van der Waals surface area contributed by atoms with Crippen LogP contribution in [0.4, 0.5) is 10.1 Å². The SMILES string of the molecule is CC(C)(C)c1cccc(CN[C@H]2CS(=O)(=O)C[C@@H](Cc3cc(F)c(N)c(OC4CCC4)c3)[C@@H]2O)c1. The monoisotopic (exact) mass is 504 g/mol. The maximum absolute atomic E-state index is 14.5. The summed E-state index contributed by atoms with van der Waals surface area (Å²) in [7, 11) is -3.38. The summed E-state index contributed by atoms with van der Waals surface area (Å²) in [5.74, 6) is -1.12. The lowest BCUT2D eigenvalue weighted by Gasteiger charge is -2.35. The van der Waals surface area contributed by atoms with E-state index in [1.54, 1.807) is 6.07 Å². The van der Waals surface area contributed by atoms with Gasteiger partial charge in [-0.05, 0) is 59.9 Å². The Morgan fingerprint density at radius 2 is 1.89 bits per heavy atom. The lowest BCUT2D eigenvalue weighted by atomic mass is 9.86. The van der Waals surface area contributed by atoms with Crippen LogP contribution in [-0.2, 0) is 28.2 Å². The Kier molecular flexibility index (Phi) is 7.46. The molecule has 1 heterocycles. The molecule has 1 aliphatic heterocycles. The molecule has 0 radical (unpaired) electrons. The van der Waals surface area contributed by atoms with Gasteiger partial charge in [0.2, 0.25) is 0 Å². The fourth-order valence-electron chi connectivity index (χ4n) is 4.78. The van der Waals surface area contributed by atoms with Gasteiger partial charge in [0, 0.05) is 18.5 Å². The number of ether oxygens (including phenoxy) is 1. The fourth-order valence-corrected chi connectivity index (χ4v) is 6.75. The molecule has 1 saturated heterocycles. The number of hydrogen-bond acceptors (Lipinski definition) is 6. The average molecular weight is 505 g/mol. The van der Waals surface area contributed by atoms with Gasteiger partial charge >= 0.3 is 0 Å². The van der Waals surface area contributed by atoms with Gasteiger partial charge in [0.25, 0.3) is 0 Å². The maximum Gasteiger partial charge on any atom is 0.152 e. The van der Waals surface area contributed by atoms with E-state index in [9.17, 15) is 17.9 Å². The Morgan fingerprint density at radius 3 is 2.54 bits per heavy atom. The molecule has 3 atom stereocenters.